The monoisotopic (exact) mass is 418 g/mol. The zero-order valence-electron chi connectivity index (χ0n) is 16.7. The van der Waals surface area contributed by atoms with Crippen LogP contribution in [0.2, 0.25) is 0 Å². The molecule has 0 bridgehead atoms. The average molecular weight is 418 g/mol. The molecule has 1 aromatic carbocycles. The van der Waals surface area contributed by atoms with Crippen LogP contribution in [0.25, 0.3) is 0 Å². The van der Waals surface area contributed by atoms with Gasteiger partial charge in [0.15, 0.2) is 5.78 Å². The number of benzene rings is 1. The Balaban J connectivity index is 1.72. The Hall–Kier alpha value is -2.63. The third-order valence-corrected chi connectivity index (χ3v) is 5.38. The van der Waals surface area contributed by atoms with Crippen molar-refractivity contribution in [3.05, 3.63) is 71.3 Å². The van der Waals surface area contributed by atoms with Gasteiger partial charge in [0, 0.05) is 24.3 Å². The predicted molar refractivity (Wildman–Crippen MR) is 108 cm³/mol. The number of aryl methyl sites for hydroxylation is 1. The summed E-state index contributed by atoms with van der Waals surface area (Å²) in [5.41, 5.74) is 0.545. The van der Waals surface area contributed by atoms with Crippen molar-refractivity contribution in [1.29, 1.82) is 0 Å². The summed E-state index contributed by atoms with van der Waals surface area (Å²) in [7, 11) is 0. The molecule has 1 aliphatic carbocycles. The fraction of sp³-hybridized carbons (Fsp3) is 0.417. The number of esters is 1. The van der Waals surface area contributed by atoms with Crippen molar-refractivity contribution >= 4 is 11.8 Å². The normalized spacial score (nSPS) is 25.9. The van der Waals surface area contributed by atoms with Gasteiger partial charge in [0.05, 0.1) is 5.56 Å². The van der Waals surface area contributed by atoms with Crippen molar-refractivity contribution in [2.45, 2.75) is 57.2 Å². The van der Waals surface area contributed by atoms with E-state index in [1.165, 1.54) is 6.07 Å². The summed E-state index contributed by atoms with van der Waals surface area (Å²) < 4.78 is 44.4. The van der Waals surface area contributed by atoms with E-state index in [4.69, 9.17) is 4.74 Å². The highest BCUT2D eigenvalue weighted by atomic mass is 19.4. The number of halogens is 3. The molecule has 1 aliphatic heterocycles. The number of fused-ring (bicyclic) bond motifs is 1. The van der Waals surface area contributed by atoms with Crippen LogP contribution in [0.5, 0.6) is 0 Å². The number of ketones is 1. The lowest BCUT2D eigenvalue weighted by molar-refractivity contribution is -0.149. The van der Waals surface area contributed by atoms with Crippen LogP contribution in [0.4, 0.5) is 13.2 Å². The largest absolute Gasteiger partial charge is 0.462 e. The minimum atomic E-state index is -4.39. The minimum absolute atomic E-state index is 0.0225. The van der Waals surface area contributed by atoms with E-state index in [0.717, 1.165) is 25.0 Å². The zero-order valence-corrected chi connectivity index (χ0v) is 16.7. The SMILES string of the molecule is O=C1CCC/C=C\C[C@H]2C=CC(=O)/C2=C/CC(CCc2cccc(C(F)(F)F)c2)O1. The van der Waals surface area contributed by atoms with E-state index in [1.807, 2.05) is 24.3 Å². The average Bonchev–Trinajstić information content (AvgIpc) is 3.05. The van der Waals surface area contributed by atoms with Gasteiger partial charge in [-0.2, -0.15) is 13.2 Å². The van der Waals surface area contributed by atoms with Crippen molar-refractivity contribution in [1.82, 2.24) is 0 Å². The van der Waals surface area contributed by atoms with E-state index >= 15 is 0 Å². The number of carbonyl (C=O) groups is 2. The quantitative estimate of drug-likeness (QED) is 0.464. The molecule has 1 unspecified atom stereocenters. The van der Waals surface area contributed by atoms with Crippen LogP contribution < -0.4 is 0 Å². The van der Waals surface area contributed by atoms with Gasteiger partial charge in [-0.1, -0.05) is 42.5 Å². The van der Waals surface area contributed by atoms with Gasteiger partial charge in [-0.25, -0.2) is 0 Å². The lowest BCUT2D eigenvalue weighted by Crippen LogP contribution is -2.19. The number of rotatable bonds is 3. The number of alkyl halides is 3. The molecule has 3 rings (SSSR count). The molecule has 2 atom stereocenters. The Kier molecular flexibility index (Phi) is 7.29. The molecule has 1 aromatic rings. The fourth-order valence-electron chi connectivity index (χ4n) is 3.73. The van der Waals surface area contributed by atoms with E-state index < -0.39 is 17.8 Å². The highest BCUT2D eigenvalue weighted by molar-refractivity contribution is 6.07. The van der Waals surface area contributed by atoms with Crippen molar-refractivity contribution < 1.29 is 27.5 Å². The maximum atomic E-state index is 12.9. The highest BCUT2D eigenvalue weighted by Gasteiger charge is 2.30. The summed E-state index contributed by atoms with van der Waals surface area (Å²) in [4.78, 5) is 24.4. The molecule has 0 spiro atoms. The van der Waals surface area contributed by atoms with Crippen LogP contribution in [0.15, 0.2) is 60.2 Å². The summed E-state index contributed by atoms with van der Waals surface area (Å²) in [5.74, 6) is -0.330. The molecule has 0 amide bonds. The minimum Gasteiger partial charge on any atom is -0.462 e. The number of carbonyl (C=O) groups excluding carboxylic acids is 2. The first-order valence-corrected chi connectivity index (χ1v) is 10.3. The molecule has 0 fully saturated rings. The molecule has 160 valence electrons. The molecule has 0 N–H and O–H groups in total. The van der Waals surface area contributed by atoms with Gasteiger partial charge in [-0.05, 0) is 49.8 Å². The van der Waals surface area contributed by atoms with Crippen molar-refractivity contribution in [3.8, 4) is 0 Å². The Labute approximate surface area is 174 Å². The number of cyclic esters (lactones) is 1. The predicted octanol–water partition coefficient (Wildman–Crippen LogP) is 5.75. The first-order chi connectivity index (χ1) is 14.3. The van der Waals surface area contributed by atoms with Crippen LogP contribution in [0.3, 0.4) is 0 Å². The lowest BCUT2D eigenvalue weighted by Gasteiger charge is -2.18. The summed E-state index contributed by atoms with van der Waals surface area (Å²) in [5, 5.41) is 0. The van der Waals surface area contributed by atoms with Gasteiger partial charge in [-0.3, -0.25) is 9.59 Å². The summed E-state index contributed by atoms with van der Waals surface area (Å²) in [6, 6.07) is 5.20. The standard InChI is InChI=1S/C24H25F3O3/c25-24(26,27)19-8-5-6-17(16-19)10-12-20-13-14-21-18(11-15-22(21)28)7-3-1-2-4-9-23(29)30-20/h1,3,5-6,8,11,14-16,18,20H,2,4,7,9-10,12-13H2/b3-1-,21-14+/t18-,20?/m0/s1. The van der Waals surface area contributed by atoms with E-state index in [1.54, 1.807) is 12.1 Å². The number of hydrogen-bond donors (Lipinski definition) is 0. The fourth-order valence-corrected chi connectivity index (χ4v) is 3.73. The Morgan fingerprint density at radius 3 is 2.73 bits per heavy atom. The van der Waals surface area contributed by atoms with Crippen LogP contribution in [0, 0.1) is 5.92 Å². The van der Waals surface area contributed by atoms with Gasteiger partial charge in [0.2, 0.25) is 0 Å². The molecule has 0 radical (unpaired) electrons. The van der Waals surface area contributed by atoms with Crippen LogP contribution in [-0.2, 0) is 26.9 Å². The first kappa shape index (κ1) is 22.1. The number of hydrogen-bond acceptors (Lipinski definition) is 3. The molecule has 1 heterocycles. The molecule has 0 aromatic heterocycles. The first-order valence-electron chi connectivity index (χ1n) is 10.3. The van der Waals surface area contributed by atoms with Gasteiger partial charge >= 0.3 is 12.1 Å². The Bertz CT molecular complexity index is 865. The van der Waals surface area contributed by atoms with E-state index in [2.05, 4.69) is 0 Å². The van der Waals surface area contributed by atoms with Gasteiger partial charge in [-0.15, -0.1) is 0 Å². The van der Waals surface area contributed by atoms with E-state index in [9.17, 15) is 22.8 Å². The van der Waals surface area contributed by atoms with Gasteiger partial charge in [0.25, 0.3) is 0 Å². The second kappa shape index (κ2) is 9.92. The molecular formula is C24H25F3O3. The Morgan fingerprint density at radius 1 is 1.10 bits per heavy atom. The van der Waals surface area contributed by atoms with Crippen LogP contribution in [0.1, 0.15) is 49.7 Å². The van der Waals surface area contributed by atoms with Crippen molar-refractivity contribution in [3.63, 3.8) is 0 Å². The molecule has 6 heteroatoms. The van der Waals surface area contributed by atoms with E-state index in [0.29, 0.717) is 43.2 Å². The number of ether oxygens (including phenoxy) is 1. The third-order valence-electron chi connectivity index (χ3n) is 5.38. The molecular weight excluding hydrogens is 393 g/mol. The third kappa shape index (κ3) is 6.18. The number of allylic oxidation sites excluding steroid dienone is 5. The molecule has 3 nitrogen and oxygen atoms in total. The van der Waals surface area contributed by atoms with Crippen molar-refractivity contribution in [2.24, 2.45) is 5.92 Å². The maximum Gasteiger partial charge on any atom is 0.416 e. The summed E-state index contributed by atoms with van der Waals surface area (Å²) >= 11 is 0. The van der Waals surface area contributed by atoms with Gasteiger partial charge in [0.1, 0.15) is 6.10 Å². The second-order valence-electron chi connectivity index (χ2n) is 7.67. The smallest absolute Gasteiger partial charge is 0.416 e. The van der Waals surface area contributed by atoms with E-state index in [-0.39, 0.29) is 17.7 Å². The second-order valence-corrected chi connectivity index (χ2v) is 7.67. The maximum absolute atomic E-state index is 12.9. The highest BCUT2D eigenvalue weighted by Crippen LogP contribution is 2.30. The van der Waals surface area contributed by atoms with Crippen LogP contribution >= 0.6 is 0 Å². The van der Waals surface area contributed by atoms with Crippen molar-refractivity contribution in [2.75, 3.05) is 0 Å². The molecule has 0 saturated carbocycles. The van der Waals surface area contributed by atoms with Gasteiger partial charge < -0.3 is 4.74 Å². The molecule has 0 saturated heterocycles. The van der Waals surface area contributed by atoms with Crippen LogP contribution in [-0.4, -0.2) is 17.9 Å². The summed E-state index contributed by atoms with van der Waals surface area (Å²) in [6.07, 6.45) is 8.03. The Morgan fingerprint density at radius 2 is 1.93 bits per heavy atom. The summed E-state index contributed by atoms with van der Waals surface area (Å²) in [6.45, 7) is 0. The topological polar surface area (TPSA) is 43.4 Å². The lowest BCUT2D eigenvalue weighted by atomic mass is 9.95. The molecule has 30 heavy (non-hydrogen) atoms. The zero-order chi connectivity index (χ0) is 21.6. The molecule has 2 aliphatic rings.